The van der Waals surface area contributed by atoms with Crippen molar-refractivity contribution in [3.05, 3.63) is 28.2 Å². The number of nitrogens with zero attached hydrogens (tertiary/aromatic N) is 1. The van der Waals surface area contributed by atoms with Crippen LogP contribution in [-0.4, -0.2) is 20.0 Å². The van der Waals surface area contributed by atoms with Gasteiger partial charge in [0.05, 0.1) is 6.54 Å². The molecule has 0 atom stereocenters. The summed E-state index contributed by atoms with van der Waals surface area (Å²) >= 11 is 9.06. The number of rotatable bonds is 4. The van der Waals surface area contributed by atoms with Crippen LogP contribution in [0.25, 0.3) is 0 Å². The van der Waals surface area contributed by atoms with Crippen LogP contribution in [0.3, 0.4) is 0 Å². The van der Waals surface area contributed by atoms with Gasteiger partial charge < -0.3 is 4.90 Å². The van der Waals surface area contributed by atoms with Gasteiger partial charge in [0.15, 0.2) is 0 Å². The molecule has 0 saturated heterocycles. The molecule has 1 rings (SSSR count). The molecule has 0 amide bonds. The minimum Gasteiger partial charge on any atom is -0.369 e. The van der Waals surface area contributed by atoms with E-state index in [1.54, 1.807) is 13.1 Å². The van der Waals surface area contributed by atoms with Crippen LogP contribution in [0.15, 0.2) is 22.7 Å². The zero-order chi connectivity index (χ0) is 11.4. The number of hydrogen-bond acceptors (Lipinski definition) is 1. The molecule has 0 aliphatic rings. The highest BCUT2D eigenvalue weighted by Crippen LogP contribution is 2.25. The van der Waals surface area contributed by atoms with Crippen LogP contribution in [0.1, 0.15) is 5.56 Å². The first-order chi connectivity index (χ1) is 7.04. The number of hydrogen-bond donors (Lipinski definition) is 0. The van der Waals surface area contributed by atoms with Gasteiger partial charge in [0, 0.05) is 23.1 Å². The van der Waals surface area contributed by atoms with Gasteiger partial charge in [-0.05, 0) is 23.8 Å². The summed E-state index contributed by atoms with van der Waals surface area (Å²) in [5.74, 6) is 0.308. The van der Waals surface area contributed by atoms with Crippen LogP contribution in [0.2, 0.25) is 0 Å². The first kappa shape index (κ1) is 12.7. The Balaban J connectivity index is 2.92. The van der Waals surface area contributed by atoms with Crippen molar-refractivity contribution in [2.75, 3.05) is 18.5 Å². The van der Waals surface area contributed by atoms with Crippen LogP contribution in [0.4, 0.5) is 14.5 Å². The van der Waals surface area contributed by atoms with Gasteiger partial charge in [0.2, 0.25) is 0 Å². The maximum absolute atomic E-state index is 12.2. The molecule has 84 valence electrons. The minimum absolute atomic E-state index is 0.286. The predicted molar refractivity (Wildman–Crippen MR) is 63.0 cm³/mol. The molecule has 0 heterocycles. The van der Waals surface area contributed by atoms with Crippen molar-refractivity contribution in [1.82, 2.24) is 0 Å². The second-order valence-corrected chi connectivity index (χ2v) is 4.36. The van der Waals surface area contributed by atoms with E-state index in [0.717, 1.165) is 15.7 Å². The number of anilines is 1. The molecule has 0 spiro atoms. The van der Waals surface area contributed by atoms with Gasteiger partial charge in [-0.1, -0.05) is 15.9 Å². The third kappa shape index (κ3) is 3.61. The van der Waals surface area contributed by atoms with Gasteiger partial charge in [0.1, 0.15) is 0 Å². The number of halogens is 4. The summed E-state index contributed by atoms with van der Waals surface area (Å²) in [7, 11) is 1.63. The van der Waals surface area contributed by atoms with Gasteiger partial charge >= 0.3 is 0 Å². The Bertz CT molecular complexity index is 333. The van der Waals surface area contributed by atoms with Crippen LogP contribution >= 0.6 is 27.5 Å². The molecule has 1 nitrogen and oxygen atoms in total. The monoisotopic (exact) mass is 297 g/mol. The first-order valence-corrected chi connectivity index (χ1v) is 5.71. The third-order valence-electron chi connectivity index (χ3n) is 2.01. The Morgan fingerprint density at radius 1 is 1.47 bits per heavy atom. The van der Waals surface area contributed by atoms with E-state index in [2.05, 4.69) is 15.9 Å². The minimum atomic E-state index is -2.35. The van der Waals surface area contributed by atoms with E-state index < -0.39 is 6.43 Å². The van der Waals surface area contributed by atoms with Crippen molar-refractivity contribution in [2.45, 2.75) is 12.3 Å². The lowest BCUT2D eigenvalue weighted by molar-refractivity contribution is 0.156. The third-order valence-corrected chi connectivity index (χ3v) is 2.79. The standard InChI is InChI=1S/C10H11BrClF2N/c1-15(6-10(13)14)9-3-2-8(11)4-7(9)5-12/h2-4,10H,5-6H2,1H3. The topological polar surface area (TPSA) is 3.24 Å². The van der Waals surface area contributed by atoms with Crippen molar-refractivity contribution in [2.24, 2.45) is 0 Å². The van der Waals surface area contributed by atoms with Crippen LogP contribution in [0, 0.1) is 0 Å². The fourth-order valence-corrected chi connectivity index (χ4v) is 1.96. The highest BCUT2D eigenvalue weighted by molar-refractivity contribution is 9.10. The predicted octanol–water partition coefficient (Wildman–Crippen LogP) is 3.89. The summed E-state index contributed by atoms with van der Waals surface area (Å²) in [6.45, 7) is -0.286. The molecule has 0 fully saturated rings. The van der Waals surface area contributed by atoms with Crippen molar-refractivity contribution in [3.8, 4) is 0 Å². The Labute approximate surface area is 101 Å². The van der Waals surface area contributed by atoms with E-state index in [4.69, 9.17) is 11.6 Å². The Morgan fingerprint density at radius 3 is 2.67 bits per heavy atom. The van der Waals surface area contributed by atoms with Gasteiger partial charge in [-0.15, -0.1) is 11.6 Å². The summed E-state index contributed by atoms with van der Waals surface area (Å²) in [6.07, 6.45) is -2.35. The lowest BCUT2D eigenvalue weighted by atomic mass is 10.2. The lowest BCUT2D eigenvalue weighted by Gasteiger charge is -2.21. The average Bonchev–Trinajstić information content (AvgIpc) is 2.16. The molecule has 0 aliphatic heterocycles. The maximum Gasteiger partial charge on any atom is 0.255 e. The summed E-state index contributed by atoms with van der Waals surface area (Å²) < 4.78 is 25.3. The summed E-state index contributed by atoms with van der Waals surface area (Å²) in [5, 5.41) is 0. The van der Waals surface area contributed by atoms with Crippen molar-refractivity contribution >= 4 is 33.2 Å². The Kier molecular flexibility index (Phi) is 4.80. The molecule has 0 unspecified atom stereocenters. The van der Waals surface area contributed by atoms with E-state index in [9.17, 15) is 8.78 Å². The lowest BCUT2D eigenvalue weighted by Crippen LogP contribution is -2.24. The fraction of sp³-hybridized carbons (Fsp3) is 0.400. The summed E-state index contributed by atoms with van der Waals surface area (Å²) in [4.78, 5) is 1.51. The molecule has 1 aromatic carbocycles. The maximum atomic E-state index is 12.2. The Morgan fingerprint density at radius 2 is 2.13 bits per heavy atom. The van der Waals surface area contributed by atoms with Crippen LogP contribution in [0.5, 0.6) is 0 Å². The van der Waals surface area contributed by atoms with Crippen molar-refractivity contribution in [3.63, 3.8) is 0 Å². The zero-order valence-corrected chi connectivity index (χ0v) is 10.5. The molecule has 0 saturated carbocycles. The number of benzene rings is 1. The molecule has 1 aromatic rings. The van der Waals surface area contributed by atoms with Gasteiger partial charge in [-0.3, -0.25) is 0 Å². The van der Waals surface area contributed by atoms with Crippen molar-refractivity contribution in [1.29, 1.82) is 0 Å². The zero-order valence-electron chi connectivity index (χ0n) is 8.18. The summed E-state index contributed by atoms with van der Waals surface area (Å²) in [5.41, 5.74) is 1.59. The molecule has 0 aliphatic carbocycles. The largest absolute Gasteiger partial charge is 0.369 e. The van der Waals surface area contributed by atoms with Crippen molar-refractivity contribution < 1.29 is 8.78 Å². The first-order valence-electron chi connectivity index (χ1n) is 4.38. The molecule has 0 aromatic heterocycles. The molecular weight excluding hydrogens is 287 g/mol. The Hall–Kier alpha value is -0.350. The fourth-order valence-electron chi connectivity index (χ4n) is 1.34. The molecule has 0 N–H and O–H groups in total. The van der Waals surface area contributed by atoms with Gasteiger partial charge in [-0.2, -0.15) is 0 Å². The molecule has 5 heteroatoms. The highest BCUT2D eigenvalue weighted by atomic mass is 79.9. The van der Waals surface area contributed by atoms with E-state index in [-0.39, 0.29) is 6.54 Å². The SMILES string of the molecule is CN(CC(F)F)c1ccc(Br)cc1CCl. The quantitative estimate of drug-likeness (QED) is 0.762. The molecule has 0 bridgehead atoms. The average molecular weight is 299 g/mol. The van der Waals surface area contributed by atoms with E-state index in [1.165, 1.54) is 4.90 Å². The molecular formula is C10H11BrClF2N. The molecule has 0 radical (unpaired) electrons. The van der Waals surface area contributed by atoms with Crippen LogP contribution < -0.4 is 4.90 Å². The second kappa shape index (κ2) is 5.66. The summed E-state index contributed by atoms with van der Waals surface area (Å²) in [6, 6.07) is 5.43. The number of alkyl halides is 3. The second-order valence-electron chi connectivity index (χ2n) is 3.18. The highest BCUT2D eigenvalue weighted by Gasteiger charge is 2.11. The van der Waals surface area contributed by atoms with E-state index in [1.807, 2.05) is 12.1 Å². The normalized spacial score (nSPS) is 10.8. The molecule has 15 heavy (non-hydrogen) atoms. The van der Waals surface area contributed by atoms with E-state index in [0.29, 0.717) is 5.88 Å². The van der Waals surface area contributed by atoms with E-state index >= 15 is 0 Å². The van der Waals surface area contributed by atoms with Gasteiger partial charge in [0.25, 0.3) is 6.43 Å². The van der Waals surface area contributed by atoms with Crippen LogP contribution in [-0.2, 0) is 5.88 Å². The smallest absolute Gasteiger partial charge is 0.255 e. The van der Waals surface area contributed by atoms with Gasteiger partial charge in [-0.25, -0.2) is 8.78 Å².